The summed E-state index contributed by atoms with van der Waals surface area (Å²) in [6, 6.07) is 8.30. The first-order chi connectivity index (χ1) is 10.0. The first-order valence-corrected chi connectivity index (χ1v) is 8.07. The smallest absolute Gasteiger partial charge is 0.357 e. The summed E-state index contributed by atoms with van der Waals surface area (Å²) >= 11 is 0.0358. The number of para-hydroxylation sites is 1. The van der Waals surface area contributed by atoms with Gasteiger partial charge in [-0.1, -0.05) is 18.2 Å². The predicted octanol–water partition coefficient (Wildman–Crippen LogP) is 4.39. The number of nitrogens with one attached hydrogen (secondary N) is 2. The van der Waals surface area contributed by atoms with Gasteiger partial charge in [0.15, 0.2) is 0 Å². The molecule has 1 aromatic heterocycles. The van der Waals surface area contributed by atoms with Gasteiger partial charge in [0.25, 0.3) is 0 Å². The molecule has 21 heavy (non-hydrogen) atoms. The van der Waals surface area contributed by atoms with Crippen molar-refractivity contribution in [1.82, 2.24) is 10.3 Å². The van der Waals surface area contributed by atoms with E-state index in [4.69, 9.17) is 0 Å². The molecule has 114 valence electrons. The van der Waals surface area contributed by atoms with Crippen molar-refractivity contribution in [3.8, 4) is 0 Å². The molecule has 3 rings (SSSR count). The molecule has 1 heterocycles. The Morgan fingerprint density at radius 3 is 2.90 bits per heavy atom. The van der Waals surface area contributed by atoms with E-state index < -0.39 is 5.51 Å². The number of fused-ring (bicyclic) bond motifs is 3. The summed E-state index contributed by atoms with van der Waals surface area (Å²) in [7, 11) is 0. The van der Waals surface area contributed by atoms with Crippen molar-refractivity contribution in [3.63, 3.8) is 0 Å². The molecule has 0 saturated heterocycles. The van der Waals surface area contributed by atoms with Crippen LogP contribution in [-0.4, -0.2) is 22.8 Å². The molecule has 2 nitrogen and oxygen atoms in total. The molecule has 0 amide bonds. The first kappa shape index (κ1) is 14.8. The Morgan fingerprint density at radius 1 is 1.29 bits per heavy atom. The van der Waals surface area contributed by atoms with Crippen molar-refractivity contribution < 1.29 is 13.2 Å². The maximum Gasteiger partial charge on any atom is 0.441 e. The Morgan fingerprint density at radius 2 is 2.10 bits per heavy atom. The minimum atomic E-state index is -4.14. The fraction of sp³-hybridized carbons (Fsp3) is 0.467. The summed E-state index contributed by atoms with van der Waals surface area (Å²) in [5.41, 5.74) is -0.557. The number of halogens is 3. The van der Waals surface area contributed by atoms with E-state index in [0.29, 0.717) is 6.54 Å². The Balaban J connectivity index is 1.69. The lowest BCUT2D eigenvalue weighted by Gasteiger charge is -2.24. The predicted molar refractivity (Wildman–Crippen MR) is 80.5 cm³/mol. The molecule has 0 fully saturated rings. The van der Waals surface area contributed by atoms with Crippen LogP contribution in [-0.2, 0) is 6.42 Å². The zero-order valence-electron chi connectivity index (χ0n) is 11.5. The van der Waals surface area contributed by atoms with E-state index in [1.54, 1.807) is 0 Å². The molecule has 1 aromatic carbocycles. The highest BCUT2D eigenvalue weighted by Crippen LogP contribution is 2.35. The zero-order valence-corrected chi connectivity index (χ0v) is 12.3. The second kappa shape index (κ2) is 5.93. The number of rotatable bonds is 4. The zero-order chi connectivity index (χ0) is 14.9. The summed E-state index contributed by atoms with van der Waals surface area (Å²) in [5.74, 6) is 0.0512. The van der Waals surface area contributed by atoms with Gasteiger partial charge >= 0.3 is 5.51 Å². The van der Waals surface area contributed by atoms with Crippen LogP contribution >= 0.6 is 11.8 Å². The molecule has 1 unspecified atom stereocenters. The van der Waals surface area contributed by atoms with Crippen LogP contribution in [0.5, 0.6) is 0 Å². The van der Waals surface area contributed by atoms with E-state index in [9.17, 15) is 13.2 Å². The SMILES string of the molecule is FC(F)(F)SCCNC1CCCc2c1[nH]c1ccccc21. The van der Waals surface area contributed by atoms with Gasteiger partial charge in [-0.2, -0.15) is 13.2 Å². The number of thioether (sulfide) groups is 1. The van der Waals surface area contributed by atoms with Crippen molar-refractivity contribution in [1.29, 1.82) is 0 Å². The van der Waals surface area contributed by atoms with Gasteiger partial charge in [-0.25, -0.2) is 0 Å². The standard InChI is InChI=1S/C15H17F3N2S/c16-15(17,18)21-9-8-19-13-7-3-5-11-10-4-1-2-6-12(10)20-14(11)13/h1-2,4,6,13,19-20H,3,5,7-9H2. The van der Waals surface area contributed by atoms with Crippen LogP contribution in [0.4, 0.5) is 13.2 Å². The second-order valence-corrected chi connectivity index (χ2v) is 6.42. The molecule has 6 heteroatoms. The van der Waals surface area contributed by atoms with E-state index in [1.807, 2.05) is 18.2 Å². The molecule has 0 spiro atoms. The number of H-pyrrole nitrogens is 1. The van der Waals surface area contributed by atoms with E-state index in [1.165, 1.54) is 10.9 Å². The molecule has 0 aliphatic heterocycles. The number of aromatic nitrogens is 1. The third-order valence-electron chi connectivity index (χ3n) is 3.87. The Kier molecular flexibility index (Phi) is 4.17. The third-order valence-corrected chi connectivity index (χ3v) is 4.61. The highest BCUT2D eigenvalue weighted by Gasteiger charge is 2.28. The quantitative estimate of drug-likeness (QED) is 0.819. The van der Waals surface area contributed by atoms with Crippen LogP contribution in [0.15, 0.2) is 24.3 Å². The van der Waals surface area contributed by atoms with E-state index in [0.717, 1.165) is 30.5 Å². The monoisotopic (exact) mass is 314 g/mol. The van der Waals surface area contributed by atoms with Crippen LogP contribution in [0.25, 0.3) is 10.9 Å². The molecule has 0 saturated carbocycles. The number of aryl methyl sites for hydroxylation is 1. The molecule has 1 aliphatic rings. The molecule has 0 bridgehead atoms. The third kappa shape index (κ3) is 3.37. The lowest BCUT2D eigenvalue weighted by atomic mass is 9.92. The highest BCUT2D eigenvalue weighted by molar-refractivity contribution is 8.00. The van der Waals surface area contributed by atoms with Crippen LogP contribution < -0.4 is 5.32 Å². The fourth-order valence-corrected chi connectivity index (χ4v) is 3.47. The Hall–Kier alpha value is -1.14. The number of aromatic amines is 1. The van der Waals surface area contributed by atoms with Gasteiger partial charge in [0.2, 0.25) is 0 Å². The summed E-state index contributed by atoms with van der Waals surface area (Å²) in [4.78, 5) is 3.43. The van der Waals surface area contributed by atoms with Crippen LogP contribution in [0.2, 0.25) is 0 Å². The average Bonchev–Trinajstić information content (AvgIpc) is 2.82. The molecule has 2 aromatic rings. The van der Waals surface area contributed by atoms with E-state index in [-0.39, 0.29) is 23.6 Å². The minimum absolute atomic E-state index is 0.0358. The maximum absolute atomic E-state index is 12.1. The highest BCUT2D eigenvalue weighted by atomic mass is 32.2. The van der Waals surface area contributed by atoms with Gasteiger partial charge in [-0.3, -0.25) is 0 Å². The Bertz CT molecular complexity index is 621. The van der Waals surface area contributed by atoms with Crippen molar-refractivity contribution in [2.75, 3.05) is 12.3 Å². The van der Waals surface area contributed by atoms with Crippen molar-refractivity contribution in [2.45, 2.75) is 30.8 Å². The molecule has 1 aliphatic carbocycles. The molecule has 2 N–H and O–H groups in total. The van der Waals surface area contributed by atoms with Crippen LogP contribution in [0, 0.1) is 0 Å². The van der Waals surface area contributed by atoms with Crippen molar-refractivity contribution in [2.24, 2.45) is 0 Å². The minimum Gasteiger partial charge on any atom is -0.357 e. The molecular weight excluding hydrogens is 297 g/mol. The lowest BCUT2D eigenvalue weighted by Crippen LogP contribution is -2.27. The van der Waals surface area contributed by atoms with Crippen LogP contribution in [0.3, 0.4) is 0 Å². The fourth-order valence-electron chi connectivity index (χ4n) is 3.02. The molecular formula is C15H17F3N2S. The van der Waals surface area contributed by atoms with Gasteiger partial charge < -0.3 is 10.3 Å². The molecule has 1 atom stereocenters. The average molecular weight is 314 g/mol. The summed E-state index contributed by atoms with van der Waals surface area (Å²) in [6.07, 6.45) is 3.07. The first-order valence-electron chi connectivity index (χ1n) is 7.08. The second-order valence-electron chi connectivity index (χ2n) is 5.26. The van der Waals surface area contributed by atoms with Gasteiger partial charge in [0.05, 0.1) is 0 Å². The normalized spacial score (nSPS) is 18.9. The van der Waals surface area contributed by atoms with E-state index in [2.05, 4.69) is 16.4 Å². The number of alkyl halides is 3. The summed E-state index contributed by atoms with van der Waals surface area (Å²) < 4.78 is 36.4. The number of hydrogen-bond donors (Lipinski definition) is 2. The number of hydrogen-bond acceptors (Lipinski definition) is 2. The topological polar surface area (TPSA) is 27.8 Å². The maximum atomic E-state index is 12.1. The van der Waals surface area contributed by atoms with Crippen molar-refractivity contribution in [3.05, 3.63) is 35.5 Å². The van der Waals surface area contributed by atoms with Gasteiger partial charge in [-0.05, 0) is 42.7 Å². The van der Waals surface area contributed by atoms with E-state index >= 15 is 0 Å². The van der Waals surface area contributed by atoms with Crippen LogP contribution in [0.1, 0.15) is 30.1 Å². The van der Waals surface area contributed by atoms with Gasteiger partial charge in [0, 0.05) is 34.9 Å². The summed E-state index contributed by atoms with van der Waals surface area (Å²) in [5, 5.41) is 4.50. The van der Waals surface area contributed by atoms with Gasteiger partial charge in [0.1, 0.15) is 0 Å². The van der Waals surface area contributed by atoms with Gasteiger partial charge in [-0.15, -0.1) is 0 Å². The van der Waals surface area contributed by atoms with Crippen molar-refractivity contribution >= 4 is 22.7 Å². The largest absolute Gasteiger partial charge is 0.441 e. The lowest BCUT2D eigenvalue weighted by molar-refractivity contribution is -0.0327. The summed E-state index contributed by atoms with van der Waals surface area (Å²) in [6.45, 7) is 0.365. The Labute approximate surface area is 125 Å². The molecule has 0 radical (unpaired) electrons. The number of benzene rings is 1.